The molecule has 0 aromatic heterocycles. The number of hydrogen-bond acceptors (Lipinski definition) is 3. The zero-order valence-electron chi connectivity index (χ0n) is 10.1. The van der Waals surface area contributed by atoms with E-state index < -0.39 is 0 Å². The summed E-state index contributed by atoms with van der Waals surface area (Å²) in [5.74, 6) is -0.0453. The van der Waals surface area contributed by atoms with E-state index in [-0.39, 0.29) is 36.6 Å². The van der Waals surface area contributed by atoms with Crippen LogP contribution < -0.4 is 11.1 Å². The van der Waals surface area contributed by atoms with Gasteiger partial charge < -0.3 is 15.8 Å². The molecule has 5 heteroatoms. The average Bonchev–Trinajstić information content (AvgIpc) is 2.64. The quantitative estimate of drug-likeness (QED) is 0.771. The first-order chi connectivity index (χ1) is 7.08. The maximum Gasteiger partial charge on any atom is 0.246 e. The van der Waals surface area contributed by atoms with Crippen LogP contribution in [-0.4, -0.2) is 30.7 Å². The van der Waals surface area contributed by atoms with Crippen molar-refractivity contribution in [1.29, 1.82) is 0 Å². The molecule has 96 valence electrons. The zero-order valence-corrected chi connectivity index (χ0v) is 10.9. The molecule has 0 saturated heterocycles. The molecule has 1 aliphatic rings. The molecule has 0 unspecified atom stereocenters. The number of carbonyl (C=O) groups excluding carboxylic acids is 1. The van der Waals surface area contributed by atoms with Gasteiger partial charge in [0, 0.05) is 6.54 Å². The standard InChI is InChI=1S/C11H22N2O2.ClH/c1-9(2)15-7-10(14)13-11(8-12)5-3-4-6-11;/h9H,3-8,12H2,1-2H3,(H,13,14);1H. The van der Waals surface area contributed by atoms with E-state index in [4.69, 9.17) is 10.5 Å². The normalized spacial score (nSPS) is 18.2. The number of rotatable bonds is 5. The summed E-state index contributed by atoms with van der Waals surface area (Å²) in [6, 6.07) is 0. The minimum absolute atomic E-state index is 0. The summed E-state index contributed by atoms with van der Waals surface area (Å²) < 4.78 is 5.25. The van der Waals surface area contributed by atoms with E-state index in [1.54, 1.807) is 0 Å². The summed E-state index contributed by atoms with van der Waals surface area (Å²) in [6.07, 6.45) is 4.40. The zero-order chi connectivity index (χ0) is 11.3. The molecule has 16 heavy (non-hydrogen) atoms. The minimum atomic E-state index is -0.155. The highest BCUT2D eigenvalue weighted by atomic mass is 35.5. The molecular formula is C11H23ClN2O2. The maximum absolute atomic E-state index is 11.6. The summed E-state index contributed by atoms with van der Waals surface area (Å²) in [7, 11) is 0. The number of nitrogens with two attached hydrogens (primary N) is 1. The Bertz CT molecular complexity index is 216. The molecule has 0 radical (unpaired) electrons. The average molecular weight is 251 g/mol. The third-order valence-electron chi connectivity index (χ3n) is 2.90. The number of carbonyl (C=O) groups is 1. The van der Waals surface area contributed by atoms with Gasteiger partial charge in [0.15, 0.2) is 0 Å². The van der Waals surface area contributed by atoms with E-state index in [1.807, 2.05) is 13.8 Å². The Morgan fingerprint density at radius 3 is 2.44 bits per heavy atom. The molecule has 1 saturated carbocycles. The van der Waals surface area contributed by atoms with Gasteiger partial charge in [-0.25, -0.2) is 0 Å². The third-order valence-corrected chi connectivity index (χ3v) is 2.90. The van der Waals surface area contributed by atoms with Crippen LogP contribution in [0.25, 0.3) is 0 Å². The fourth-order valence-electron chi connectivity index (χ4n) is 2.01. The van der Waals surface area contributed by atoms with Crippen LogP contribution in [0.15, 0.2) is 0 Å². The monoisotopic (exact) mass is 250 g/mol. The van der Waals surface area contributed by atoms with Crippen molar-refractivity contribution in [2.45, 2.75) is 51.2 Å². The van der Waals surface area contributed by atoms with E-state index >= 15 is 0 Å². The minimum Gasteiger partial charge on any atom is -0.369 e. The van der Waals surface area contributed by atoms with Gasteiger partial charge in [0.2, 0.25) is 5.91 Å². The van der Waals surface area contributed by atoms with Crippen molar-refractivity contribution < 1.29 is 9.53 Å². The van der Waals surface area contributed by atoms with E-state index in [0.29, 0.717) is 6.54 Å². The highest BCUT2D eigenvalue weighted by Crippen LogP contribution is 2.28. The van der Waals surface area contributed by atoms with Crippen LogP contribution >= 0.6 is 12.4 Å². The lowest BCUT2D eigenvalue weighted by Gasteiger charge is -2.28. The lowest BCUT2D eigenvalue weighted by atomic mass is 9.98. The summed E-state index contributed by atoms with van der Waals surface area (Å²) >= 11 is 0. The molecule has 1 aliphatic carbocycles. The summed E-state index contributed by atoms with van der Waals surface area (Å²) in [4.78, 5) is 11.6. The molecule has 0 aromatic carbocycles. The van der Waals surface area contributed by atoms with Crippen molar-refractivity contribution in [3.8, 4) is 0 Å². The van der Waals surface area contributed by atoms with Gasteiger partial charge in [0.25, 0.3) is 0 Å². The first kappa shape index (κ1) is 15.7. The van der Waals surface area contributed by atoms with Crippen LogP contribution in [0.2, 0.25) is 0 Å². The molecule has 1 amide bonds. The summed E-state index contributed by atoms with van der Waals surface area (Å²) in [6.45, 7) is 4.50. The molecule has 3 N–H and O–H groups in total. The second-order valence-electron chi connectivity index (χ2n) is 4.60. The molecular weight excluding hydrogens is 228 g/mol. The van der Waals surface area contributed by atoms with Gasteiger partial charge in [-0.2, -0.15) is 0 Å². The van der Waals surface area contributed by atoms with Crippen molar-refractivity contribution in [2.75, 3.05) is 13.2 Å². The SMILES string of the molecule is CC(C)OCC(=O)NC1(CN)CCCC1.Cl. The first-order valence-corrected chi connectivity index (χ1v) is 5.71. The summed E-state index contributed by atoms with van der Waals surface area (Å²) in [5, 5.41) is 3.01. The van der Waals surface area contributed by atoms with Crippen molar-refractivity contribution in [3.05, 3.63) is 0 Å². The molecule has 0 atom stereocenters. The molecule has 1 fully saturated rings. The fraction of sp³-hybridized carbons (Fsp3) is 0.909. The summed E-state index contributed by atoms with van der Waals surface area (Å²) in [5.41, 5.74) is 5.56. The van der Waals surface area contributed by atoms with E-state index in [0.717, 1.165) is 25.7 Å². The van der Waals surface area contributed by atoms with Gasteiger partial charge in [-0.3, -0.25) is 4.79 Å². The van der Waals surface area contributed by atoms with Gasteiger partial charge in [-0.15, -0.1) is 12.4 Å². The largest absolute Gasteiger partial charge is 0.369 e. The van der Waals surface area contributed by atoms with Crippen molar-refractivity contribution in [2.24, 2.45) is 5.73 Å². The molecule has 0 heterocycles. The van der Waals surface area contributed by atoms with Crippen LogP contribution in [0.1, 0.15) is 39.5 Å². The Labute approximate surface area is 104 Å². The second kappa shape index (κ2) is 7.09. The number of nitrogens with one attached hydrogen (secondary N) is 1. The Morgan fingerprint density at radius 2 is 2.00 bits per heavy atom. The van der Waals surface area contributed by atoms with E-state index in [9.17, 15) is 4.79 Å². The van der Waals surface area contributed by atoms with Crippen molar-refractivity contribution in [1.82, 2.24) is 5.32 Å². The number of ether oxygens (including phenoxy) is 1. The van der Waals surface area contributed by atoms with Gasteiger partial charge >= 0.3 is 0 Å². The molecule has 0 spiro atoms. The molecule has 0 aromatic rings. The van der Waals surface area contributed by atoms with E-state index in [2.05, 4.69) is 5.32 Å². The lowest BCUT2D eigenvalue weighted by Crippen LogP contribution is -2.52. The van der Waals surface area contributed by atoms with Gasteiger partial charge in [0.1, 0.15) is 6.61 Å². The highest BCUT2D eigenvalue weighted by molar-refractivity contribution is 5.85. The second-order valence-corrected chi connectivity index (χ2v) is 4.60. The number of halogens is 1. The Balaban J connectivity index is 0.00000225. The van der Waals surface area contributed by atoms with Crippen LogP contribution in [0, 0.1) is 0 Å². The predicted molar refractivity (Wildman–Crippen MR) is 66.7 cm³/mol. The van der Waals surface area contributed by atoms with Crippen LogP contribution in [0.3, 0.4) is 0 Å². The molecule has 0 aliphatic heterocycles. The third kappa shape index (κ3) is 4.68. The van der Waals surface area contributed by atoms with Crippen LogP contribution in [0.5, 0.6) is 0 Å². The van der Waals surface area contributed by atoms with Crippen LogP contribution in [0.4, 0.5) is 0 Å². The fourth-order valence-corrected chi connectivity index (χ4v) is 2.01. The predicted octanol–water partition coefficient (Wildman–Crippen LogP) is 1.22. The first-order valence-electron chi connectivity index (χ1n) is 5.71. The van der Waals surface area contributed by atoms with Crippen molar-refractivity contribution >= 4 is 18.3 Å². The van der Waals surface area contributed by atoms with Gasteiger partial charge in [0.05, 0.1) is 11.6 Å². The Hall–Kier alpha value is -0.320. The highest BCUT2D eigenvalue weighted by Gasteiger charge is 2.33. The smallest absolute Gasteiger partial charge is 0.246 e. The lowest BCUT2D eigenvalue weighted by molar-refractivity contribution is -0.128. The van der Waals surface area contributed by atoms with Gasteiger partial charge in [-0.1, -0.05) is 12.8 Å². The Kier molecular flexibility index (Phi) is 6.95. The molecule has 1 rings (SSSR count). The van der Waals surface area contributed by atoms with Crippen molar-refractivity contribution in [3.63, 3.8) is 0 Å². The maximum atomic E-state index is 11.6. The molecule has 4 nitrogen and oxygen atoms in total. The van der Waals surface area contributed by atoms with Gasteiger partial charge in [-0.05, 0) is 26.7 Å². The topological polar surface area (TPSA) is 64.3 Å². The Morgan fingerprint density at radius 1 is 1.44 bits per heavy atom. The van der Waals surface area contributed by atoms with E-state index in [1.165, 1.54) is 0 Å². The number of amides is 1. The molecule has 0 bridgehead atoms. The number of hydrogen-bond donors (Lipinski definition) is 2. The van der Waals surface area contributed by atoms with Crippen LogP contribution in [-0.2, 0) is 9.53 Å².